The molecule has 1 heteroatoms. The number of ether oxygens (including phenoxy) is 1. The molecule has 0 radical (unpaired) electrons. The Morgan fingerprint density at radius 2 is 1.43 bits per heavy atom. The Morgan fingerprint density at radius 3 is 2.00 bits per heavy atom. The first-order valence-electron chi connectivity index (χ1n) is 10.5. The molecule has 0 amide bonds. The monoisotopic (exact) mass is 320 g/mol. The fraction of sp³-hybridized carbons (Fsp3) is 0.909. The zero-order valence-corrected chi connectivity index (χ0v) is 15.6. The molecule has 2 rings (SSSR count). The van der Waals surface area contributed by atoms with Gasteiger partial charge in [0.05, 0.1) is 6.61 Å². The van der Waals surface area contributed by atoms with Crippen molar-refractivity contribution in [2.75, 3.05) is 13.2 Å². The highest BCUT2D eigenvalue weighted by molar-refractivity contribution is 4.82. The van der Waals surface area contributed by atoms with Crippen LogP contribution in [0.5, 0.6) is 0 Å². The van der Waals surface area contributed by atoms with Crippen LogP contribution in [0.2, 0.25) is 0 Å². The van der Waals surface area contributed by atoms with Gasteiger partial charge in [-0.2, -0.15) is 0 Å². The Hall–Kier alpha value is -0.300. The predicted molar refractivity (Wildman–Crippen MR) is 101 cm³/mol. The summed E-state index contributed by atoms with van der Waals surface area (Å²) >= 11 is 0. The molecule has 0 unspecified atom stereocenters. The molecule has 2 aliphatic rings. The molecule has 2 saturated carbocycles. The maximum atomic E-state index is 5.65. The van der Waals surface area contributed by atoms with E-state index in [1.54, 1.807) is 0 Å². The average Bonchev–Trinajstić information content (AvgIpc) is 2.60. The van der Waals surface area contributed by atoms with Crippen molar-refractivity contribution in [1.82, 2.24) is 0 Å². The van der Waals surface area contributed by atoms with Crippen molar-refractivity contribution in [3.8, 4) is 0 Å². The van der Waals surface area contributed by atoms with Gasteiger partial charge < -0.3 is 4.74 Å². The third kappa shape index (κ3) is 6.99. The summed E-state index contributed by atoms with van der Waals surface area (Å²) in [6, 6.07) is 0. The van der Waals surface area contributed by atoms with Gasteiger partial charge in [-0.05, 0) is 62.2 Å². The molecule has 0 N–H and O–H groups in total. The van der Waals surface area contributed by atoms with E-state index in [0.29, 0.717) is 0 Å². The van der Waals surface area contributed by atoms with E-state index in [0.717, 1.165) is 36.9 Å². The Kier molecular flexibility index (Phi) is 9.34. The summed E-state index contributed by atoms with van der Waals surface area (Å²) < 4.78 is 5.65. The fourth-order valence-corrected chi connectivity index (χ4v) is 4.95. The third-order valence-electron chi connectivity index (χ3n) is 6.50. The highest BCUT2D eigenvalue weighted by atomic mass is 16.5. The first-order valence-corrected chi connectivity index (χ1v) is 10.5. The molecule has 23 heavy (non-hydrogen) atoms. The number of hydrogen-bond donors (Lipinski definition) is 0. The van der Waals surface area contributed by atoms with Crippen molar-refractivity contribution in [1.29, 1.82) is 0 Å². The van der Waals surface area contributed by atoms with Gasteiger partial charge in [-0.25, -0.2) is 0 Å². The largest absolute Gasteiger partial charge is 0.377 e. The van der Waals surface area contributed by atoms with Gasteiger partial charge >= 0.3 is 0 Å². The molecule has 0 saturated heterocycles. The van der Waals surface area contributed by atoms with E-state index in [4.69, 9.17) is 4.74 Å². The first-order chi connectivity index (χ1) is 11.3. The fourth-order valence-electron chi connectivity index (χ4n) is 4.95. The minimum Gasteiger partial charge on any atom is -0.377 e. The molecule has 0 aromatic rings. The van der Waals surface area contributed by atoms with Crippen LogP contribution in [0, 0.1) is 23.7 Å². The summed E-state index contributed by atoms with van der Waals surface area (Å²) in [6.45, 7) is 7.72. The molecule has 0 aromatic heterocycles. The second-order valence-electron chi connectivity index (χ2n) is 8.24. The maximum Gasteiger partial charge on any atom is 0.0644 e. The summed E-state index contributed by atoms with van der Waals surface area (Å²) in [5.41, 5.74) is 0. The van der Waals surface area contributed by atoms with Crippen LogP contribution in [-0.2, 0) is 4.74 Å². The molecule has 2 aliphatic carbocycles. The van der Waals surface area contributed by atoms with E-state index in [1.807, 2.05) is 6.08 Å². The second-order valence-corrected chi connectivity index (χ2v) is 8.24. The average molecular weight is 321 g/mol. The molecule has 0 heterocycles. The lowest BCUT2D eigenvalue weighted by Gasteiger charge is -2.38. The van der Waals surface area contributed by atoms with Crippen LogP contribution in [0.1, 0.15) is 90.4 Å². The topological polar surface area (TPSA) is 9.23 Å². The summed E-state index contributed by atoms with van der Waals surface area (Å²) in [4.78, 5) is 0. The normalized spacial score (nSPS) is 31.9. The summed E-state index contributed by atoms with van der Waals surface area (Å²) in [7, 11) is 0. The summed E-state index contributed by atoms with van der Waals surface area (Å²) in [5.74, 6) is 3.97. The number of rotatable bonds is 10. The van der Waals surface area contributed by atoms with Gasteiger partial charge in [-0.15, -0.1) is 6.58 Å². The molecule has 0 aliphatic heterocycles. The Bertz CT molecular complexity index is 295. The molecular weight excluding hydrogens is 280 g/mol. The molecular formula is C22H40O. The molecule has 0 bridgehead atoms. The smallest absolute Gasteiger partial charge is 0.0644 e. The van der Waals surface area contributed by atoms with Crippen LogP contribution in [-0.4, -0.2) is 13.2 Å². The van der Waals surface area contributed by atoms with E-state index in [-0.39, 0.29) is 0 Å². The zero-order chi connectivity index (χ0) is 16.3. The zero-order valence-electron chi connectivity index (χ0n) is 15.6. The Balaban J connectivity index is 1.56. The highest BCUT2D eigenvalue weighted by Crippen LogP contribution is 2.42. The van der Waals surface area contributed by atoms with Gasteiger partial charge in [0.25, 0.3) is 0 Å². The minimum atomic E-state index is 0.724. The van der Waals surface area contributed by atoms with Crippen molar-refractivity contribution >= 4 is 0 Å². The predicted octanol–water partition coefficient (Wildman–Crippen LogP) is 6.77. The first kappa shape index (κ1) is 19.0. The van der Waals surface area contributed by atoms with Crippen molar-refractivity contribution in [3.05, 3.63) is 12.7 Å². The molecule has 1 nitrogen and oxygen atoms in total. The van der Waals surface area contributed by atoms with E-state index in [2.05, 4.69) is 13.5 Å². The van der Waals surface area contributed by atoms with Crippen LogP contribution in [0.25, 0.3) is 0 Å². The quantitative estimate of drug-likeness (QED) is 0.319. The Labute approximate surface area is 145 Å². The van der Waals surface area contributed by atoms with Gasteiger partial charge in [0, 0.05) is 6.61 Å². The van der Waals surface area contributed by atoms with Gasteiger partial charge in [-0.3, -0.25) is 0 Å². The van der Waals surface area contributed by atoms with Gasteiger partial charge in [0.1, 0.15) is 0 Å². The van der Waals surface area contributed by atoms with E-state index >= 15 is 0 Å². The number of unbranched alkanes of at least 4 members (excludes halogenated alkanes) is 3. The van der Waals surface area contributed by atoms with E-state index in [1.165, 1.54) is 83.5 Å². The summed E-state index contributed by atoms with van der Waals surface area (Å²) in [6.07, 6.45) is 21.0. The molecule has 0 atom stereocenters. The maximum absolute atomic E-state index is 5.65. The lowest BCUT2D eigenvalue weighted by Crippen LogP contribution is -2.27. The molecule has 2 fully saturated rings. The second kappa shape index (κ2) is 11.3. The van der Waals surface area contributed by atoms with Crippen LogP contribution >= 0.6 is 0 Å². The molecule has 0 spiro atoms. The summed E-state index contributed by atoms with van der Waals surface area (Å²) in [5, 5.41) is 0. The standard InChI is InChI=1S/C22H40O/c1-3-5-6-7-8-19-9-13-21(14-10-19)22-15-11-20(12-16-22)18-23-17-4-2/h4,19-22H,2-3,5-18H2,1H3/t19?,20-,21?,22-. The molecule has 134 valence electrons. The third-order valence-corrected chi connectivity index (χ3v) is 6.50. The minimum absolute atomic E-state index is 0.724. The number of hydrogen-bond acceptors (Lipinski definition) is 1. The van der Waals surface area contributed by atoms with Gasteiger partial charge in [-0.1, -0.05) is 57.9 Å². The Morgan fingerprint density at radius 1 is 0.826 bits per heavy atom. The van der Waals surface area contributed by atoms with Crippen molar-refractivity contribution < 1.29 is 4.74 Å². The van der Waals surface area contributed by atoms with Crippen molar-refractivity contribution in [3.63, 3.8) is 0 Å². The van der Waals surface area contributed by atoms with Gasteiger partial charge in [0.2, 0.25) is 0 Å². The SMILES string of the molecule is C=CCOC[C@H]1CC[C@H](C2CCC(CCCCCC)CC2)CC1. The van der Waals surface area contributed by atoms with E-state index < -0.39 is 0 Å². The van der Waals surface area contributed by atoms with Crippen molar-refractivity contribution in [2.45, 2.75) is 90.4 Å². The highest BCUT2D eigenvalue weighted by Gasteiger charge is 2.30. The molecule has 0 aromatic carbocycles. The van der Waals surface area contributed by atoms with Crippen LogP contribution < -0.4 is 0 Å². The van der Waals surface area contributed by atoms with E-state index in [9.17, 15) is 0 Å². The lowest BCUT2D eigenvalue weighted by atomic mass is 9.69. The van der Waals surface area contributed by atoms with Crippen LogP contribution in [0.15, 0.2) is 12.7 Å². The van der Waals surface area contributed by atoms with Gasteiger partial charge in [0.15, 0.2) is 0 Å². The lowest BCUT2D eigenvalue weighted by molar-refractivity contribution is 0.0779. The van der Waals surface area contributed by atoms with Crippen LogP contribution in [0.3, 0.4) is 0 Å². The van der Waals surface area contributed by atoms with Crippen LogP contribution in [0.4, 0.5) is 0 Å². The van der Waals surface area contributed by atoms with Crippen molar-refractivity contribution in [2.24, 2.45) is 23.7 Å².